The number of hydrogen-bond acceptors (Lipinski definition) is 5. The summed E-state index contributed by atoms with van der Waals surface area (Å²) in [5, 5.41) is 5.68. The van der Waals surface area contributed by atoms with Crippen LogP contribution in [-0.2, 0) is 0 Å². The van der Waals surface area contributed by atoms with Crippen molar-refractivity contribution in [1.29, 1.82) is 0 Å². The maximum absolute atomic E-state index is 12.3. The van der Waals surface area contributed by atoms with Crippen LogP contribution in [0.4, 0.5) is 5.69 Å². The second-order valence-corrected chi connectivity index (χ2v) is 6.50. The molecule has 0 aromatic heterocycles. The molecular weight excluding hydrogens is 390 g/mol. The smallest absolute Gasteiger partial charge is 0.261 e. The third-order valence-electron chi connectivity index (χ3n) is 3.99. The van der Waals surface area contributed by atoms with Crippen molar-refractivity contribution in [2.75, 3.05) is 19.5 Å². The first kappa shape index (κ1) is 18.8. The number of imide groups is 1. The van der Waals surface area contributed by atoms with Gasteiger partial charge in [-0.05, 0) is 48.6 Å². The van der Waals surface area contributed by atoms with Crippen molar-refractivity contribution in [3.63, 3.8) is 0 Å². The molecule has 1 aliphatic rings. The SMILES string of the molecule is COc1ccc(C(=O)NC(=S)Nc2ccc3c(c2)C(=O)N(C)C3=O)cc1Cl. The minimum atomic E-state index is -0.454. The van der Waals surface area contributed by atoms with Crippen LogP contribution in [0.1, 0.15) is 31.1 Å². The molecule has 3 amide bonds. The number of fused-ring (bicyclic) bond motifs is 1. The summed E-state index contributed by atoms with van der Waals surface area (Å²) in [5.74, 6) is -0.740. The number of nitrogens with one attached hydrogen (secondary N) is 2. The van der Waals surface area contributed by atoms with Crippen LogP contribution >= 0.6 is 23.8 Å². The second-order valence-electron chi connectivity index (χ2n) is 5.69. The summed E-state index contributed by atoms with van der Waals surface area (Å²) in [6.45, 7) is 0. The van der Waals surface area contributed by atoms with Crippen molar-refractivity contribution >= 4 is 52.3 Å². The van der Waals surface area contributed by atoms with Gasteiger partial charge in [0.1, 0.15) is 5.75 Å². The van der Waals surface area contributed by atoms with Gasteiger partial charge in [-0.15, -0.1) is 0 Å². The molecule has 0 radical (unpaired) electrons. The predicted molar refractivity (Wildman–Crippen MR) is 105 cm³/mol. The third kappa shape index (κ3) is 3.62. The van der Waals surface area contributed by atoms with Crippen molar-refractivity contribution < 1.29 is 19.1 Å². The van der Waals surface area contributed by atoms with Crippen molar-refractivity contribution in [3.8, 4) is 5.75 Å². The Kier molecular flexibility index (Phi) is 5.11. The van der Waals surface area contributed by atoms with Crippen LogP contribution in [0.25, 0.3) is 0 Å². The van der Waals surface area contributed by atoms with Crippen molar-refractivity contribution in [2.24, 2.45) is 0 Å². The minimum absolute atomic E-state index is 0.0389. The first-order valence-corrected chi connectivity index (χ1v) is 8.52. The molecule has 0 unspecified atom stereocenters. The molecule has 3 rings (SSSR count). The zero-order valence-electron chi connectivity index (χ0n) is 14.3. The lowest BCUT2D eigenvalue weighted by Gasteiger charge is -2.11. The molecule has 0 spiro atoms. The summed E-state index contributed by atoms with van der Waals surface area (Å²) in [6.07, 6.45) is 0. The summed E-state index contributed by atoms with van der Waals surface area (Å²) < 4.78 is 5.04. The molecule has 0 aliphatic carbocycles. The Bertz CT molecular complexity index is 993. The number of thiocarbonyl (C=S) groups is 1. The predicted octanol–water partition coefficient (Wildman–Crippen LogP) is 2.70. The topological polar surface area (TPSA) is 87.7 Å². The fourth-order valence-corrected chi connectivity index (χ4v) is 3.05. The van der Waals surface area contributed by atoms with E-state index in [-0.39, 0.29) is 22.5 Å². The molecule has 0 saturated heterocycles. The summed E-state index contributed by atoms with van der Waals surface area (Å²) >= 11 is 11.1. The van der Waals surface area contributed by atoms with Gasteiger partial charge in [-0.3, -0.25) is 24.6 Å². The highest BCUT2D eigenvalue weighted by atomic mass is 35.5. The largest absolute Gasteiger partial charge is 0.495 e. The van der Waals surface area contributed by atoms with Gasteiger partial charge in [0.2, 0.25) is 0 Å². The number of halogens is 1. The lowest BCUT2D eigenvalue weighted by molar-refractivity contribution is 0.0692. The van der Waals surface area contributed by atoms with Crippen LogP contribution in [0, 0.1) is 0 Å². The lowest BCUT2D eigenvalue weighted by Crippen LogP contribution is -2.34. The van der Waals surface area contributed by atoms with E-state index in [1.165, 1.54) is 32.4 Å². The van der Waals surface area contributed by atoms with Crippen LogP contribution in [0.3, 0.4) is 0 Å². The Morgan fingerprint density at radius 1 is 1.11 bits per heavy atom. The summed E-state index contributed by atoms with van der Waals surface area (Å²) in [7, 11) is 2.90. The van der Waals surface area contributed by atoms with Crippen molar-refractivity contribution in [1.82, 2.24) is 10.2 Å². The molecule has 2 aromatic carbocycles. The highest BCUT2D eigenvalue weighted by Crippen LogP contribution is 2.26. The monoisotopic (exact) mass is 403 g/mol. The van der Waals surface area contributed by atoms with E-state index in [4.69, 9.17) is 28.6 Å². The molecular formula is C18H14ClN3O4S. The molecule has 0 atom stereocenters. The van der Waals surface area contributed by atoms with Gasteiger partial charge in [0, 0.05) is 18.3 Å². The fraction of sp³-hybridized carbons (Fsp3) is 0.111. The lowest BCUT2D eigenvalue weighted by atomic mass is 10.1. The van der Waals surface area contributed by atoms with Gasteiger partial charge in [-0.25, -0.2) is 0 Å². The summed E-state index contributed by atoms with van der Waals surface area (Å²) in [5.41, 5.74) is 1.39. The summed E-state index contributed by atoms with van der Waals surface area (Å²) in [4.78, 5) is 37.3. The zero-order valence-corrected chi connectivity index (χ0v) is 15.9. The molecule has 2 N–H and O–H groups in total. The number of amides is 3. The van der Waals surface area contributed by atoms with E-state index in [9.17, 15) is 14.4 Å². The number of carbonyl (C=O) groups excluding carboxylic acids is 3. The van der Waals surface area contributed by atoms with Gasteiger partial charge in [-0.1, -0.05) is 11.6 Å². The second kappa shape index (κ2) is 7.34. The number of methoxy groups -OCH3 is 1. The van der Waals surface area contributed by atoms with Gasteiger partial charge in [0.15, 0.2) is 5.11 Å². The molecule has 0 fully saturated rings. The number of carbonyl (C=O) groups is 3. The molecule has 1 aliphatic heterocycles. The molecule has 2 aromatic rings. The van der Waals surface area contributed by atoms with E-state index in [1.54, 1.807) is 18.2 Å². The maximum atomic E-state index is 12.3. The normalized spacial score (nSPS) is 12.6. The van der Waals surface area contributed by atoms with E-state index in [0.29, 0.717) is 27.6 Å². The Balaban J connectivity index is 1.70. The van der Waals surface area contributed by atoms with Crippen LogP contribution in [0.2, 0.25) is 5.02 Å². The maximum Gasteiger partial charge on any atom is 0.261 e. The Morgan fingerprint density at radius 3 is 2.48 bits per heavy atom. The standard InChI is InChI=1S/C18H14ClN3O4S/c1-22-16(24)11-5-4-10(8-12(11)17(22)25)20-18(27)21-15(23)9-3-6-14(26-2)13(19)7-9/h3-8H,1-2H3,(H2,20,21,23,27). The van der Waals surface area contributed by atoms with E-state index in [0.717, 1.165) is 4.90 Å². The molecule has 7 nitrogen and oxygen atoms in total. The number of hydrogen-bond donors (Lipinski definition) is 2. The van der Waals surface area contributed by atoms with Gasteiger partial charge >= 0.3 is 0 Å². The Morgan fingerprint density at radius 2 is 1.81 bits per heavy atom. The minimum Gasteiger partial charge on any atom is -0.495 e. The van der Waals surface area contributed by atoms with E-state index in [1.807, 2.05) is 0 Å². The average Bonchev–Trinajstić information content (AvgIpc) is 2.85. The first-order valence-electron chi connectivity index (χ1n) is 7.74. The van der Waals surface area contributed by atoms with Gasteiger partial charge in [0.05, 0.1) is 23.3 Å². The number of benzene rings is 2. The van der Waals surface area contributed by atoms with Crippen LogP contribution in [0.5, 0.6) is 5.75 Å². The van der Waals surface area contributed by atoms with E-state index < -0.39 is 5.91 Å². The summed E-state index contributed by atoms with van der Waals surface area (Å²) in [6, 6.07) is 9.25. The molecule has 1 heterocycles. The number of anilines is 1. The highest BCUT2D eigenvalue weighted by molar-refractivity contribution is 7.80. The van der Waals surface area contributed by atoms with Crippen molar-refractivity contribution in [3.05, 3.63) is 58.1 Å². The number of ether oxygens (including phenoxy) is 1. The highest BCUT2D eigenvalue weighted by Gasteiger charge is 2.32. The molecule has 9 heteroatoms. The third-order valence-corrected chi connectivity index (χ3v) is 4.49. The average molecular weight is 404 g/mol. The van der Waals surface area contributed by atoms with Gasteiger partial charge in [-0.2, -0.15) is 0 Å². The van der Waals surface area contributed by atoms with Crippen molar-refractivity contribution in [2.45, 2.75) is 0 Å². The molecule has 0 bridgehead atoms. The van der Waals surface area contributed by atoms with E-state index >= 15 is 0 Å². The molecule has 138 valence electrons. The van der Waals surface area contributed by atoms with Gasteiger partial charge in [0.25, 0.3) is 17.7 Å². The first-order chi connectivity index (χ1) is 12.8. The fourth-order valence-electron chi connectivity index (χ4n) is 2.58. The molecule has 27 heavy (non-hydrogen) atoms. The van der Waals surface area contributed by atoms with E-state index in [2.05, 4.69) is 10.6 Å². The molecule has 0 saturated carbocycles. The van der Waals surface area contributed by atoms with Crippen LogP contribution in [0.15, 0.2) is 36.4 Å². The quantitative estimate of drug-likeness (QED) is 0.605. The Hall–Kier alpha value is -2.97. The number of rotatable bonds is 3. The zero-order chi connectivity index (χ0) is 19.7. The Labute approximate surface area is 165 Å². The number of nitrogens with zero attached hydrogens (tertiary/aromatic N) is 1. The van der Waals surface area contributed by atoms with Crippen LogP contribution in [-0.4, -0.2) is 41.9 Å². The van der Waals surface area contributed by atoms with Crippen LogP contribution < -0.4 is 15.4 Å². The van der Waals surface area contributed by atoms with Gasteiger partial charge < -0.3 is 10.1 Å².